The van der Waals surface area contributed by atoms with E-state index in [1.807, 2.05) is 46.3 Å². The van der Waals surface area contributed by atoms with Crippen LogP contribution in [0.2, 0.25) is 5.02 Å². The lowest BCUT2D eigenvalue weighted by Gasteiger charge is -2.21. The van der Waals surface area contributed by atoms with E-state index in [2.05, 4.69) is 15.5 Å². The molecular formula is C25H26ClN5O3S2. The molecule has 188 valence electrons. The Balaban J connectivity index is 1.26. The fourth-order valence-corrected chi connectivity index (χ4v) is 5.76. The number of halogens is 1. The second-order valence-electron chi connectivity index (χ2n) is 8.56. The van der Waals surface area contributed by atoms with Crippen LogP contribution in [-0.4, -0.2) is 37.6 Å². The highest BCUT2D eigenvalue weighted by atomic mass is 35.5. The van der Waals surface area contributed by atoms with Crippen molar-refractivity contribution in [3.8, 4) is 0 Å². The number of esters is 1. The van der Waals surface area contributed by atoms with E-state index >= 15 is 0 Å². The summed E-state index contributed by atoms with van der Waals surface area (Å²) in [5.74, 6) is 1.51. The molecule has 36 heavy (non-hydrogen) atoms. The summed E-state index contributed by atoms with van der Waals surface area (Å²) in [5, 5.41) is 16.1. The molecule has 0 bridgehead atoms. The van der Waals surface area contributed by atoms with Crippen LogP contribution in [0, 0.1) is 0 Å². The van der Waals surface area contributed by atoms with Crippen LogP contribution < -0.4 is 5.32 Å². The molecule has 8 nitrogen and oxygen atoms in total. The number of nitrogens with zero attached hydrogens (tertiary/aromatic N) is 4. The summed E-state index contributed by atoms with van der Waals surface area (Å²) in [5.41, 5.74) is 1.74. The molecule has 0 atom stereocenters. The average Bonchev–Trinajstić information content (AvgIpc) is 3.62. The molecule has 0 amide bonds. The largest absolute Gasteiger partial charge is 0.467 e. The van der Waals surface area contributed by atoms with Crippen LogP contribution in [0.4, 0.5) is 10.8 Å². The maximum atomic E-state index is 12.4. The summed E-state index contributed by atoms with van der Waals surface area (Å²) in [4.78, 5) is 17.1. The maximum Gasteiger partial charge on any atom is 0.316 e. The van der Waals surface area contributed by atoms with Gasteiger partial charge in [0.1, 0.15) is 17.7 Å². The van der Waals surface area contributed by atoms with Crippen LogP contribution in [0.25, 0.3) is 0 Å². The standard InChI is InChI=1S/C25H26ClN5O3S2/c26-17-6-4-7-18(12-17)27-24-28-19(15-35-24)13-22-29-30-25(31(22)14-21-10-5-11-33-21)36-16-23(32)34-20-8-2-1-3-9-20/h4-7,10-12,15,20H,1-3,8-9,13-14,16H2,(H,27,28). The fourth-order valence-electron chi connectivity index (χ4n) is 4.10. The van der Waals surface area contributed by atoms with Gasteiger partial charge in [-0.05, 0) is 56.0 Å². The molecule has 0 saturated heterocycles. The average molecular weight is 544 g/mol. The number of hydrogen-bond donors (Lipinski definition) is 1. The number of aromatic nitrogens is 4. The molecule has 4 aromatic rings. The minimum absolute atomic E-state index is 0.0442. The number of nitrogens with one attached hydrogen (secondary N) is 1. The molecule has 1 aliphatic rings. The Kier molecular flexibility index (Phi) is 8.25. The van der Waals surface area contributed by atoms with Gasteiger partial charge in [0.15, 0.2) is 10.3 Å². The normalized spacial score (nSPS) is 14.1. The lowest BCUT2D eigenvalue weighted by atomic mass is 9.98. The van der Waals surface area contributed by atoms with Gasteiger partial charge >= 0.3 is 5.97 Å². The number of carbonyl (C=O) groups excluding carboxylic acids is 1. The third-order valence-electron chi connectivity index (χ3n) is 5.82. The molecule has 3 aromatic heterocycles. The van der Waals surface area contributed by atoms with Crippen molar-refractivity contribution in [1.29, 1.82) is 0 Å². The molecule has 1 aromatic carbocycles. The van der Waals surface area contributed by atoms with Gasteiger partial charge in [-0.3, -0.25) is 9.36 Å². The molecule has 11 heteroatoms. The Labute approximate surface area is 222 Å². The van der Waals surface area contributed by atoms with Gasteiger partial charge in [0.2, 0.25) is 0 Å². The molecule has 0 unspecified atom stereocenters. The topological polar surface area (TPSA) is 95.1 Å². The number of ether oxygens (including phenoxy) is 1. The first kappa shape index (κ1) is 24.9. The number of carbonyl (C=O) groups is 1. The number of hydrogen-bond acceptors (Lipinski definition) is 9. The van der Waals surface area contributed by atoms with Crippen LogP contribution in [0.1, 0.15) is 49.4 Å². The van der Waals surface area contributed by atoms with E-state index < -0.39 is 0 Å². The number of anilines is 2. The van der Waals surface area contributed by atoms with Gasteiger partial charge in [0.25, 0.3) is 0 Å². The van der Waals surface area contributed by atoms with E-state index in [-0.39, 0.29) is 17.8 Å². The van der Waals surface area contributed by atoms with Crippen molar-refractivity contribution in [2.75, 3.05) is 11.1 Å². The van der Waals surface area contributed by atoms with Crippen LogP contribution in [0.15, 0.2) is 57.6 Å². The van der Waals surface area contributed by atoms with Gasteiger partial charge < -0.3 is 14.5 Å². The van der Waals surface area contributed by atoms with Crippen molar-refractivity contribution in [2.45, 2.75) is 56.3 Å². The van der Waals surface area contributed by atoms with E-state index in [0.29, 0.717) is 23.1 Å². The SMILES string of the molecule is O=C(CSc1nnc(Cc2csc(Nc3cccc(Cl)c3)n2)n1Cc1ccco1)OC1CCCCC1. The van der Waals surface area contributed by atoms with Gasteiger partial charge in [-0.2, -0.15) is 0 Å². The zero-order valence-electron chi connectivity index (χ0n) is 19.6. The Bertz CT molecular complexity index is 1280. The lowest BCUT2D eigenvalue weighted by molar-refractivity contribution is -0.147. The van der Waals surface area contributed by atoms with Crippen molar-refractivity contribution in [1.82, 2.24) is 19.7 Å². The third-order valence-corrected chi connectivity index (χ3v) is 7.81. The highest BCUT2D eigenvalue weighted by Crippen LogP contribution is 2.26. The zero-order chi connectivity index (χ0) is 24.7. The molecule has 1 saturated carbocycles. The number of thioether (sulfide) groups is 1. The molecule has 0 aliphatic heterocycles. The van der Waals surface area contributed by atoms with E-state index in [1.54, 1.807) is 6.26 Å². The van der Waals surface area contributed by atoms with E-state index in [4.69, 9.17) is 25.7 Å². The Morgan fingerprint density at radius 2 is 2.11 bits per heavy atom. The minimum atomic E-state index is -0.211. The zero-order valence-corrected chi connectivity index (χ0v) is 21.9. The van der Waals surface area contributed by atoms with Crippen molar-refractivity contribution in [2.24, 2.45) is 0 Å². The second kappa shape index (κ2) is 11.9. The lowest BCUT2D eigenvalue weighted by Crippen LogP contribution is -2.22. The highest BCUT2D eigenvalue weighted by Gasteiger charge is 2.20. The van der Waals surface area contributed by atoms with Crippen molar-refractivity contribution < 1.29 is 13.9 Å². The summed E-state index contributed by atoms with van der Waals surface area (Å²) in [6.45, 7) is 0.465. The molecule has 1 fully saturated rings. The summed E-state index contributed by atoms with van der Waals surface area (Å²) >= 11 is 8.93. The van der Waals surface area contributed by atoms with Crippen molar-refractivity contribution in [3.05, 3.63) is 70.3 Å². The van der Waals surface area contributed by atoms with E-state index in [1.165, 1.54) is 29.5 Å². The first-order chi connectivity index (χ1) is 17.6. The molecule has 1 N–H and O–H groups in total. The predicted octanol–water partition coefficient (Wildman–Crippen LogP) is 6.33. The van der Waals surface area contributed by atoms with Crippen LogP contribution in [0.5, 0.6) is 0 Å². The van der Waals surface area contributed by atoms with Gasteiger partial charge in [-0.25, -0.2) is 4.98 Å². The summed E-state index contributed by atoms with van der Waals surface area (Å²) < 4.78 is 13.2. The number of furan rings is 1. The maximum absolute atomic E-state index is 12.4. The smallest absolute Gasteiger partial charge is 0.316 e. The molecule has 0 spiro atoms. The molecule has 5 rings (SSSR count). The fraction of sp³-hybridized carbons (Fsp3) is 0.360. The molecule has 1 aliphatic carbocycles. The van der Waals surface area contributed by atoms with Gasteiger partial charge in [-0.1, -0.05) is 35.9 Å². The van der Waals surface area contributed by atoms with Gasteiger partial charge in [0, 0.05) is 16.1 Å². The molecule has 0 radical (unpaired) electrons. The van der Waals surface area contributed by atoms with E-state index in [0.717, 1.165) is 53.8 Å². The molecular weight excluding hydrogens is 518 g/mol. The van der Waals surface area contributed by atoms with Crippen LogP contribution >= 0.6 is 34.7 Å². The van der Waals surface area contributed by atoms with Gasteiger partial charge in [0.05, 0.1) is 30.7 Å². The summed E-state index contributed by atoms with van der Waals surface area (Å²) in [6.07, 6.45) is 7.56. The van der Waals surface area contributed by atoms with Crippen molar-refractivity contribution in [3.63, 3.8) is 0 Å². The first-order valence-corrected chi connectivity index (χ1v) is 14.1. The highest BCUT2D eigenvalue weighted by molar-refractivity contribution is 7.99. The minimum Gasteiger partial charge on any atom is -0.467 e. The van der Waals surface area contributed by atoms with Crippen LogP contribution in [-0.2, 0) is 22.5 Å². The summed E-state index contributed by atoms with van der Waals surface area (Å²) in [7, 11) is 0. The number of rotatable bonds is 10. The quantitative estimate of drug-likeness (QED) is 0.183. The number of benzene rings is 1. The Morgan fingerprint density at radius 3 is 2.92 bits per heavy atom. The predicted molar refractivity (Wildman–Crippen MR) is 141 cm³/mol. The Hall–Kier alpha value is -2.82. The second-order valence-corrected chi connectivity index (χ2v) is 10.8. The number of thiazole rings is 1. The third kappa shape index (κ3) is 6.68. The van der Waals surface area contributed by atoms with Crippen molar-refractivity contribution >= 4 is 51.5 Å². The first-order valence-electron chi connectivity index (χ1n) is 11.9. The van der Waals surface area contributed by atoms with E-state index in [9.17, 15) is 4.79 Å². The van der Waals surface area contributed by atoms with Crippen LogP contribution in [0.3, 0.4) is 0 Å². The summed E-state index contributed by atoms with van der Waals surface area (Å²) in [6, 6.07) is 11.3. The Morgan fingerprint density at radius 1 is 1.22 bits per heavy atom. The van der Waals surface area contributed by atoms with Gasteiger partial charge in [-0.15, -0.1) is 21.5 Å². The monoisotopic (exact) mass is 543 g/mol. The molecule has 3 heterocycles.